The number of carbonyl (C=O) groups is 1. The van der Waals surface area contributed by atoms with Crippen LogP contribution in [0, 0.1) is 24.0 Å². The van der Waals surface area contributed by atoms with Gasteiger partial charge in [-0.2, -0.15) is 5.10 Å². The molecule has 7 nitrogen and oxygen atoms in total. The lowest BCUT2D eigenvalue weighted by Gasteiger charge is -2.05. The Morgan fingerprint density at radius 1 is 1.42 bits per heavy atom. The molecule has 98 valence electrons. The summed E-state index contributed by atoms with van der Waals surface area (Å²) in [7, 11) is 0. The Labute approximate surface area is 108 Å². The molecular formula is C12H11N3O4. The van der Waals surface area contributed by atoms with Crippen molar-refractivity contribution in [3.8, 4) is 5.69 Å². The molecule has 2 aromatic rings. The third-order valence-electron chi connectivity index (χ3n) is 2.85. The molecule has 0 amide bonds. The molecule has 0 unspecified atom stereocenters. The molecule has 0 radical (unpaired) electrons. The van der Waals surface area contributed by atoms with Crippen molar-refractivity contribution in [1.29, 1.82) is 0 Å². The number of hydrogen-bond acceptors (Lipinski definition) is 4. The van der Waals surface area contributed by atoms with Crippen LogP contribution in [0.15, 0.2) is 24.4 Å². The van der Waals surface area contributed by atoms with Crippen LogP contribution >= 0.6 is 0 Å². The van der Waals surface area contributed by atoms with Gasteiger partial charge < -0.3 is 5.11 Å². The standard InChI is InChI=1S/C12H11N3O4/c1-7-10(4-3-5-11(7)15(18)19)14-6-9(12(16)17)8(2)13-14/h3-6H,1-2H3,(H,16,17). The second-order valence-corrected chi connectivity index (χ2v) is 4.06. The van der Waals surface area contributed by atoms with Crippen LogP contribution in [-0.4, -0.2) is 25.8 Å². The fourth-order valence-corrected chi connectivity index (χ4v) is 1.85. The molecular weight excluding hydrogens is 250 g/mol. The van der Waals surface area contributed by atoms with Crippen LogP contribution in [0.1, 0.15) is 21.6 Å². The summed E-state index contributed by atoms with van der Waals surface area (Å²) < 4.78 is 1.35. The van der Waals surface area contributed by atoms with Gasteiger partial charge in [0.1, 0.15) is 5.56 Å². The molecule has 0 atom stereocenters. The van der Waals surface area contributed by atoms with Gasteiger partial charge in [0.25, 0.3) is 5.69 Å². The highest BCUT2D eigenvalue weighted by molar-refractivity contribution is 5.88. The average molecular weight is 261 g/mol. The van der Waals surface area contributed by atoms with Gasteiger partial charge in [0.05, 0.1) is 21.9 Å². The van der Waals surface area contributed by atoms with Gasteiger partial charge >= 0.3 is 5.97 Å². The van der Waals surface area contributed by atoms with E-state index in [1.165, 1.54) is 23.0 Å². The van der Waals surface area contributed by atoms with Crippen LogP contribution in [0.4, 0.5) is 5.69 Å². The number of benzene rings is 1. The van der Waals surface area contributed by atoms with Crippen molar-refractivity contribution in [2.24, 2.45) is 0 Å². The van der Waals surface area contributed by atoms with Crippen molar-refractivity contribution in [2.75, 3.05) is 0 Å². The fraction of sp³-hybridized carbons (Fsp3) is 0.167. The molecule has 0 saturated carbocycles. The minimum absolute atomic E-state index is 0.0254. The quantitative estimate of drug-likeness (QED) is 0.673. The summed E-state index contributed by atoms with van der Waals surface area (Å²) in [5.41, 5.74) is 1.34. The number of carboxylic acid groups (broad SMARTS) is 1. The molecule has 0 fully saturated rings. The van der Waals surface area contributed by atoms with Crippen molar-refractivity contribution in [3.05, 3.63) is 51.3 Å². The number of nitro groups is 1. The van der Waals surface area contributed by atoms with Crippen LogP contribution in [0.5, 0.6) is 0 Å². The number of aromatic nitrogens is 2. The topological polar surface area (TPSA) is 98.3 Å². The van der Waals surface area contributed by atoms with Crippen LogP contribution in [0.2, 0.25) is 0 Å². The number of nitrogens with zero attached hydrogens (tertiary/aromatic N) is 3. The number of carboxylic acids is 1. The van der Waals surface area contributed by atoms with Gasteiger partial charge in [-0.1, -0.05) is 6.07 Å². The maximum atomic E-state index is 11.0. The normalized spacial score (nSPS) is 10.4. The van der Waals surface area contributed by atoms with Crippen LogP contribution in [0.25, 0.3) is 5.69 Å². The Morgan fingerprint density at radius 2 is 2.11 bits per heavy atom. The summed E-state index contributed by atoms with van der Waals surface area (Å²) in [6.07, 6.45) is 1.35. The first kappa shape index (κ1) is 12.7. The lowest BCUT2D eigenvalue weighted by atomic mass is 10.1. The minimum Gasteiger partial charge on any atom is -0.478 e. The van der Waals surface area contributed by atoms with E-state index < -0.39 is 10.9 Å². The highest BCUT2D eigenvalue weighted by Gasteiger charge is 2.17. The van der Waals surface area contributed by atoms with E-state index in [0.29, 0.717) is 16.9 Å². The molecule has 19 heavy (non-hydrogen) atoms. The lowest BCUT2D eigenvalue weighted by Crippen LogP contribution is -2.01. The Hall–Kier alpha value is -2.70. The van der Waals surface area contributed by atoms with E-state index in [9.17, 15) is 14.9 Å². The molecule has 0 aliphatic carbocycles. The Kier molecular flexibility index (Phi) is 3.04. The van der Waals surface area contributed by atoms with E-state index in [0.717, 1.165) is 0 Å². The van der Waals surface area contributed by atoms with E-state index in [-0.39, 0.29) is 11.3 Å². The van der Waals surface area contributed by atoms with Gasteiger partial charge in [0.2, 0.25) is 0 Å². The Bertz CT molecular complexity index is 676. The van der Waals surface area contributed by atoms with Crippen LogP contribution in [0.3, 0.4) is 0 Å². The smallest absolute Gasteiger partial charge is 0.339 e. The average Bonchev–Trinajstić information content (AvgIpc) is 2.71. The van der Waals surface area contributed by atoms with Crippen molar-refractivity contribution < 1.29 is 14.8 Å². The third-order valence-corrected chi connectivity index (χ3v) is 2.85. The first-order valence-electron chi connectivity index (χ1n) is 5.45. The zero-order valence-corrected chi connectivity index (χ0v) is 10.3. The molecule has 7 heteroatoms. The predicted molar refractivity (Wildman–Crippen MR) is 66.7 cm³/mol. The summed E-state index contributed by atoms with van der Waals surface area (Å²) in [6, 6.07) is 4.59. The van der Waals surface area contributed by atoms with Crippen molar-refractivity contribution >= 4 is 11.7 Å². The maximum absolute atomic E-state index is 11.0. The second kappa shape index (κ2) is 4.52. The molecule has 0 spiro atoms. The molecule has 1 N–H and O–H groups in total. The zero-order valence-electron chi connectivity index (χ0n) is 10.3. The molecule has 0 bridgehead atoms. The maximum Gasteiger partial charge on any atom is 0.339 e. The highest BCUT2D eigenvalue weighted by atomic mass is 16.6. The third kappa shape index (κ3) is 2.17. The van der Waals surface area contributed by atoms with Gasteiger partial charge in [-0.05, 0) is 19.9 Å². The summed E-state index contributed by atoms with van der Waals surface area (Å²) in [5, 5.41) is 23.9. The number of aromatic carboxylic acids is 1. The Morgan fingerprint density at radius 3 is 2.63 bits per heavy atom. The van der Waals surface area contributed by atoms with Crippen molar-refractivity contribution in [3.63, 3.8) is 0 Å². The summed E-state index contributed by atoms with van der Waals surface area (Å²) in [6.45, 7) is 3.18. The van der Waals surface area contributed by atoms with Gasteiger partial charge in [0.15, 0.2) is 0 Å². The number of rotatable bonds is 3. The van der Waals surface area contributed by atoms with E-state index >= 15 is 0 Å². The SMILES string of the molecule is Cc1nn(-c2cccc([N+](=O)[O-])c2C)cc1C(=O)O. The predicted octanol–water partition coefficient (Wildman–Crippen LogP) is 2.10. The zero-order chi connectivity index (χ0) is 14.2. The molecule has 1 aromatic carbocycles. The first-order chi connectivity index (χ1) is 8.91. The van der Waals surface area contributed by atoms with Gasteiger partial charge in [-0.3, -0.25) is 10.1 Å². The van der Waals surface area contributed by atoms with E-state index in [1.54, 1.807) is 19.9 Å². The second-order valence-electron chi connectivity index (χ2n) is 4.06. The van der Waals surface area contributed by atoms with Gasteiger partial charge in [-0.15, -0.1) is 0 Å². The highest BCUT2D eigenvalue weighted by Crippen LogP contribution is 2.24. The van der Waals surface area contributed by atoms with E-state index in [1.807, 2.05) is 0 Å². The monoisotopic (exact) mass is 261 g/mol. The molecule has 0 aliphatic heterocycles. The fourth-order valence-electron chi connectivity index (χ4n) is 1.85. The minimum atomic E-state index is -1.08. The van der Waals surface area contributed by atoms with Crippen molar-refractivity contribution in [2.45, 2.75) is 13.8 Å². The molecule has 2 rings (SSSR count). The van der Waals surface area contributed by atoms with Crippen molar-refractivity contribution in [1.82, 2.24) is 9.78 Å². The summed E-state index contributed by atoms with van der Waals surface area (Å²) in [5.74, 6) is -1.08. The Balaban J connectivity index is 2.60. The lowest BCUT2D eigenvalue weighted by molar-refractivity contribution is -0.385. The van der Waals surface area contributed by atoms with Crippen LogP contribution in [-0.2, 0) is 0 Å². The number of nitro benzene ring substituents is 1. The summed E-state index contributed by atoms with van der Waals surface area (Å²) >= 11 is 0. The molecule has 0 aliphatic rings. The molecule has 1 heterocycles. The van der Waals surface area contributed by atoms with Gasteiger partial charge in [0, 0.05) is 12.3 Å². The summed E-state index contributed by atoms with van der Waals surface area (Å²) in [4.78, 5) is 21.4. The number of aryl methyl sites for hydroxylation is 1. The first-order valence-corrected chi connectivity index (χ1v) is 5.45. The van der Waals surface area contributed by atoms with E-state index in [4.69, 9.17) is 5.11 Å². The largest absolute Gasteiger partial charge is 0.478 e. The molecule has 0 saturated heterocycles. The number of hydrogen-bond donors (Lipinski definition) is 1. The molecule has 1 aromatic heterocycles. The van der Waals surface area contributed by atoms with Gasteiger partial charge in [-0.25, -0.2) is 9.48 Å². The van der Waals surface area contributed by atoms with E-state index in [2.05, 4.69) is 5.10 Å². The van der Waals surface area contributed by atoms with Crippen LogP contribution < -0.4 is 0 Å².